The molecule has 9 heteroatoms. The number of thiophene rings is 1. The van der Waals surface area contributed by atoms with E-state index < -0.39 is 10.0 Å². The predicted molar refractivity (Wildman–Crippen MR) is 75.0 cm³/mol. The Labute approximate surface area is 121 Å². The second-order valence-electron chi connectivity index (χ2n) is 4.18. The fourth-order valence-electron chi connectivity index (χ4n) is 1.80. The van der Waals surface area contributed by atoms with E-state index in [4.69, 9.17) is 4.52 Å². The molecular weight excluding hydrogens is 300 g/mol. The molecule has 2 rings (SSSR count). The molecule has 0 bridgehead atoms. The van der Waals surface area contributed by atoms with Crippen LogP contribution in [0.1, 0.15) is 16.3 Å². The third-order valence-electron chi connectivity index (χ3n) is 2.63. The molecule has 20 heavy (non-hydrogen) atoms. The van der Waals surface area contributed by atoms with Crippen molar-refractivity contribution in [3.05, 3.63) is 28.0 Å². The SMILES string of the molecule is CNCc1scc(C)c1S(=O)(=O)NCCc1ncno1. The van der Waals surface area contributed by atoms with E-state index in [1.165, 1.54) is 17.7 Å². The topological polar surface area (TPSA) is 97.1 Å². The minimum Gasteiger partial charge on any atom is -0.340 e. The third kappa shape index (κ3) is 3.42. The molecule has 0 aromatic carbocycles. The molecule has 0 fully saturated rings. The summed E-state index contributed by atoms with van der Waals surface area (Å²) < 4.78 is 32.1. The summed E-state index contributed by atoms with van der Waals surface area (Å²) >= 11 is 1.44. The molecule has 0 spiro atoms. The Hall–Kier alpha value is -1.29. The van der Waals surface area contributed by atoms with Gasteiger partial charge in [-0.2, -0.15) is 4.98 Å². The maximum absolute atomic E-state index is 12.3. The van der Waals surface area contributed by atoms with E-state index in [2.05, 4.69) is 20.2 Å². The van der Waals surface area contributed by atoms with Crippen LogP contribution in [0.4, 0.5) is 0 Å². The summed E-state index contributed by atoms with van der Waals surface area (Å²) in [4.78, 5) is 5.01. The van der Waals surface area contributed by atoms with Crippen LogP contribution < -0.4 is 10.0 Å². The van der Waals surface area contributed by atoms with Crippen LogP contribution in [0.3, 0.4) is 0 Å². The van der Waals surface area contributed by atoms with Crippen LogP contribution in [0.2, 0.25) is 0 Å². The van der Waals surface area contributed by atoms with E-state index in [9.17, 15) is 8.42 Å². The Bertz CT molecular complexity index is 649. The Morgan fingerprint density at radius 3 is 2.90 bits per heavy atom. The molecule has 7 nitrogen and oxygen atoms in total. The van der Waals surface area contributed by atoms with Crippen LogP contribution in [-0.4, -0.2) is 32.2 Å². The van der Waals surface area contributed by atoms with Crippen LogP contribution in [-0.2, 0) is 23.0 Å². The fraction of sp³-hybridized carbons (Fsp3) is 0.455. The van der Waals surface area contributed by atoms with Crippen molar-refractivity contribution in [3.8, 4) is 0 Å². The Morgan fingerprint density at radius 1 is 1.45 bits per heavy atom. The van der Waals surface area contributed by atoms with E-state index in [-0.39, 0.29) is 6.54 Å². The van der Waals surface area contributed by atoms with Gasteiger partial charge in [0.2, 0.25) is 15.9 Å². The minimum atomic E-state index is -3.52. The molecule has 0 unspecified atom stereocenters. The highest BCUT2D eigenvalue weighted by atomic mass is 32.2. The molecule has 0 aliphatic carbocycles. The molecule has 0 radical (unpaired) electrons. The highest BCUT2D eigenvalue weighted by molar-refractivity contribution is 7.89. The highest BCUT2D eigenvalue weighted by Gasteiger charge is 2.22. The highest BCUT2D eigenvalue weighted by Crippen LogP contribution is 2.26. The van der Waals surface area contributed by atoms with Crippen molar-refractivity contribution in [2.45, 2.75) is 24.8 Å². The van der Waals surface area contributed by atoms with Gasteiger partial charge in [0.05, 0.1) is 0 Å². The number of rotatable bonds is 7. The van der Waals surface area contributed by atoms with Crippen LogP contribution in [0.5, 0.6) is 0 Å². The van der Waals surface area contributed by atoms with E-state index in [0.29, 0.717) is 23.8 Å². The molecule has 0 saturated heterocycles. The van der Waals surface area contributed by atoms with Gasteiger partial charge in [-0.3, -0.25) is 0 Å². The van der Waals surface area contributed by atoms with E-state index >= 15 is 0 Å². The van der Waals surface area contributed by atoms with Gasteiger partial charge in [-0.1, -0.05) is 5.16 Å². The smallest absolute Gasteiger partial charge is 0.241 e. The van der Waals surface area contributed by atoms with Gasteiger partial charge in [-0.05, 0) is 24.9 Å². The lowest BCUT2D eigenvalue weighted by molar-refractivity contribution is 0.377. The summed E-state index contributed by atoms with van der Waals surface area (Å²) in [5.74, 6) is 0.408. The number of sulfonamides is 1. The fourth-order valence-corrected chi connectivity index (χ4v) is 4.65. The van der Waals surface area contributed by atoms with Crippen molar-refractivity contribution in [1.29, 1.82) is 0 Å². The Balaban J connectivity index is 2.08. The van der Waals surface area contributed by atoms with Crippen molar-refractivity contribution >= 4 is 21.4 Å². The van der Waals surface area contributed by atoms with E-state index in [1.54, 1.807) is 14.0 Å². The first-order valence-electron chi connectivity index (χ1n) is 6.01. The number of hydrogen-bond acceptors (Lipinski definition) is 7. The Kier molecular flexibility index (Phi) is 4.86. The number of aryl methyl sites for hydroxylation is 1. The van der Waals surface area contributed by atoms with Gasteiger partial charge >= 0.3 is 0 Å². The van der Waals surface area contributed by atoms with E-state index in [0.717, 1.165) is 10.4 Å². The van der Waals surface area contributed by atoms with Gasteiger partial charge in [0.1, 0.15) is 4.90 Å². The second kappa shape index (κ2) is 6.44. The summed E-state index contributed by atoms with van der Waals surface area (Å²) in [5.41, 5.74) is 0.755. The summed E-state index contributed by atoms with van der Waals surface area (Å²) in [6.07, 6.45) is 1.65. The van der Waals surface area contributed by atoms with Gasteiger partial charge in [0.25, 0.3) is 0 Å². The van der Waals surface area contributed by atoms with Crippen molar-refractivity contribution in [1.82, 2.24) is 20.2 Å². The molecule has 0 amide bonds. The molecule has 0 aliphatic rings. The molecule has 0 aliphatic heterocycles. The van der Waals surface area contributed by atoms with Crippen molar-refractivity contribution in [3.63, 3.8) is 0 Å². The first kappa shape index (κ1) is 15.1. The lowest BCUT2D eigenvalue weighted by Gasteiger charge is -2.08. The molecular formula is C11H16N4O3S2. The second-order valence-corrected chi connectivity index (χ2v) is 6.85. The van der Waals surface area contributed by atoms with Crippen molar-refractivity contribution in [2.75, 3.05) is 13.6 Å². The van der Waals surface area contributed by atoms with Crippen LogP contribution >= 0.6 is 11.3 Å². The Morgan fingerprint density at radius 2 is 2.25 bits per heavy atom. The normalized spacial score (nSPS) is 11.9. The number of nitrogens with one attached hydrogen (secondary N) is 2. The van der Waals surface area contributed by atoms with Crippen molar-refractivity contribution in [2.24, 2.45) is 0 Å². The predicted octanol–water partition coefficient (Wildman–Crippen LogP) is 0.680. The molecule has 0 atom stereocenters. The maximum atomic E-state index is 12.3. The zero-order valence-electron chi connectivity index (χ0n) is 11.2. The zero-order valence-corrected chi connectivity index (χ0v) is 12.8. The molecule has 2 aromatic heterocycles. The first-order valence-corrected chi connectivity index (χ1v) is 8.37. The van der Waals surface area contributed by atoms with Crippen LogP contribution in [0.15, 0.2) is 21.1 Å². The van der Waals surface area contributed by atoms with Crippen molar-refractivity contribution < 1.29 is 12.9 Å². The minimum absolute atomic E-state index is 0.221. The molecule has 2 N–H and O–H groups in total. The van der Waals surface area contributed by atoms with Gasteiger partial charge in [0.15, 0.2) is 6.33 Å². The summed E-state index contributed by atoms with van der Waals surface area (Å²) in [6, 6.07) is 0. The summed E-state index contributed by atoms with van der Waals surface area (Å²) in [5, 5.41) is 8.29. The first-order chi connectivity index (χ1) is 9.54. The maximum Gasteiger partial charge on any atom is 0.241 e. The lowest BCUT2D eigenvalue weighted by Crippen LogP contribution is -2.27. The average Bonchev–Trinajstić information content (AvgIpc) is 3.00. The van der Waals surface area contributed by atoms with Gasteiger partial charge < -0.3 is 9.84 Å². The number of hydrogen-bond donors (Lipinski definition) is 2. The number of aromatic nitrogens is 2. The lowest BCUT2D eigenvalue weighted by atomic mass is 10.3. The molecule has 2 heterocycles. The van der Waals surface area contributed by atoms with Gasteiger partial charge in [-0.15, -0.1) is 11.3 Å². The quantitative estimate of drug-likeness (QED) is 0.779. The standard InChI is InChI=1S/C11H16N4O3S2/c1-8-6-19-9(5-12-2)11(8)20(16,17)15-4-3-10-13-7-14-18-10/h6-7,12,15H,3-5H2,1-2H3. The summed E-state index contributed by atoms with van der Waals surface area (Å²) in [7, 11) is -1.74. The monoisotopic (exact) mass is 316 g/mol. The molecule has 110 valence electrons. The summed E-state index contributed by atoms with van der Waals surface area (Å²) in [6.45, 7) is 2.54. The largest absolute Gasteiger partial charge is 0.340 e. The average molecular weight is 316 g/mol. The zero-order chi connectivity index (χ0) is 14.6. The van der Waals surface area contributed by atoms with E-state index in [1.807, 2.05) is 5.38 Å². The van der Waals surface area contributed by atoms with Gasteiger partial charge in [-0.25, -0.2) is 13.1 Å². The van der Waals surface area contributed by atoms with Crippen LogP contribution in [0, 0.1) is 6.92 Å². The number of nitrogens with zero attached hydrogens (tertiary/aromatic N) is 2. The third-order valence-corrected chi connectivity index (χ3v) is 5.56. The van der Waals surface area contributed by atoms with Crippen LogP contribution in [0.25, 0.3) is 0 Å². The molecule has 0 saturated carbocycles. The molecule has 2 aromatic rings. The van der Waals surface area contributed by atoms with Gasteiger partial charge in [0, 0.05) is 24.4 Å².